The maximum Gasteiger partial charge on any atom is 0.407 e. The third-order valence-electron chi connectivity index (χ3n) is 1.83. The van der Waals surface area contributed by atoms with E-state index in [1.807, 2.05) is 0 Å². The number of ether oxygens (including phenoxy) is 2. The van der Waals surface area contributed by atoms with E-state index in [1.54, 1.807) is 41.5 Å². The standard InChI is InChI=1S/C13H26N2O4.ClH/c1-12(2,3)18-10(16)9(14)7-8-15-11(17)19-13(4,5)6;/h9H,7-8,14H2,1-6H3,(H,15,17);1H. The zero-order valence-corrected chi connectivity index (χ0v) is 13.9. The molecule has 0 aliphatic carbocycles. The first-order valence-electron chi connectivity index (χ1n) is 6.36. The van der Waals surface area contributed by atoms with Crippen LogP contribution in [-0.4, -0.2) is 35.9 Å². The van der Waals surface area contributed by atoms with E-state index in [-0.39, 0.29) is 19.0 Å². The maximum atomic E-state index is 11.6. The van der Waals surface area contributed by atoms with Gasteiger partial charge in [0.05, 0.1) is 0 Å². The van der Waals surface area contributed by atoms with Crippen LogP contribution >= 0.6 is 12.4 Å². The minimum absolute atomic E-state index is 0. The molecule has 120 valence electrons. The lowest BCUT2D eigenvalue weighted by molar-refractivity contribution is -0.156. The molecule has 0 saturated heterocycles. The average molecular weight is 311 g/mol. The molecular weight excluding hydrogens is 284 g/mol. The molecule has 3 N–H and O–H groups in total. The normalized spacial score (nSPS) is 12.9. The molecule has 0 aliphatic heterocycles. The van der Waals surface area contributed by atoms with Gasteiger partial charge in [0.25, 0.3) is 0 Å². The van der Waals surface area contributed by atoms with E-state index < -0.39 is 29.3 Å². The van der Waals surface area contributed by atoms with Crippen LogP contribution in [0.1, 0.15) is 48.0 Å². The van der Waals surface area contributed by atoms with Crippen molar-refractivity contribution in [1.82, 2.24) is 5.32 Å². The van der Waals surface area contributed by atoms with Gasteiger partial charge in [-0.1, -0.05) is 0 Å². The van der Waals surface area contributed by atoms with Crippen LogP contribution in [0.5, 0.6) is 0 Å². The number of nitrogens with two attached hydrogens (primary N) is 1. The third-order valence-corrected chi connectivity index (χ3v) is 1.83. The molecule has 0 aromatic carbocycles. The number of hydrogen-bond acceptors (Lipinski definition) is 5. The first kappa shape index (κ1) is 21.3. The number of rotatable bonds is 4. The number of carbonyl (C=O) groups is 2. The van der Waals surface area contributed by atoms with E-state index in [4.69, 9.17) is 15.2 Å². The monoisotopic (exact) mass is 310 g/mol. The molecule has 0 heterocycles. The molecule has 0 fully saturated rings. The van der Waals surface area contributed by atoms with Crippen LogP contribution in [0.4, 0.5) is 4.79 Å². The molecule has 0 spiro atoms. The second-order valence-corrected chi connectivity index (χ2v) is 6.36. The smallest absolute Gasteiger partial charge is 0.407 e. The van der Waals surface area contributed by atoms with E-state index in [2.05, 4.69) is 5.32 Å². The number of esters is 1. The predicted octanol–water partition coefficient (Wildman–Crippen LogP) is 1.99. The Morgan fingerprint density at radius 3 is 1.90 bits per heavy atom. The summed E-state index contributed by atoms with van der Waals surface area (Å²) in [6.45, 7) is 10.9. The molecule has 0 aromatic heterocycles. The SMILES string of the molecule is CC(C)(C)OC(=O)NCCC(N)C(=O)OC(C)(C)C.Cl. The summed E-state index contributed by atoms with van der Waals surface area (Å²) in [4.78, 5) is 22.9. The predicted molar refractivity (Wildman–Crippen MR) is 79.9 cm³/mol. The van der Waals surface area contributed by atoms with E-state index in [0.717, 1.165) is 0 Å². The van der Waals surface area contributed by atoms with Gasteiger partial charge in [0, 0.05) is 6.54 Å². The molecule has 6 nitrogen and oxygen atoms in total. The van der Waals surface area contributed by atoms with Gasteiger partial charge in [-0.3, -0.25) is 4.79 Å². The number of halogens is 1. The fraction of sp³-hybridized carbons (Fsp3) is 0.846. The highest BCUT2D eigenvalue weighted by atomic mass is 35.5. The van der Waals surface area contributed by atoms with E-state index in [9.17, 15) is 9.59 Å². The molecule has 0 bridgehead atoms. The van der Waals surface area contributed by atoms with Crippen LogP contribution in [0.25, 0.3) is 0 Å². The van der Waals surface area contributed by atoms with Crippen molar-refractivity contribution in [2.45, 2.75) is 65.2 Å². The summed E-state index contributed by atoms with van der Waals surface area (Å²) in [5.74, 6) is -0.474. The molecule has 7 heteroatoms. The topological polar surface area (TPSA) is 90.6 Å². The van der Waals surface area contributed by atoms with Crippen LogP contribution < -0.4 is 11.1 Å². The molecular formula is C13H27ClN2O4. The summed E-state index contributed by atoms with van der Waals surface area (Å²) in [5, 5.41) is 2.54. The Morgan fingerprint density at radius 1 is 1.05 bits per heavy atom. The zero-order valence-electron chi connectivity index (χ0n) is 13.1. The Balaban J connectivity index is 0. The second kappa shape index (κ2) is 8.32. The van der Waals surface area contributed by atoms with Crippen molar-refractivity contribution >= 4 is 24.5 Å². The molecule has 1 unspecified atom stereocenters. The van der Waals surface area contributed by atoms with Crippen LogP contribution in [0.15, 0.2) is 0 Å². The van der Waals surface area contributed by atoms with Gasteiger partial charge >= 0.3 is 12.1 Å². The van der Waals surface area contributed by atoms with E-state index in [1.165, 1.54) is 0 Å². The van der Waals surface area contributed by atoms with Gasteiger partial charge in [-0.25, -0.2) is 4.79 Å². The Labute approximate surface area is 127 Å². The minimum Gasteiger partial charge on any atom is -0.459 e. The van der Waals surface area contributed by atoms with Crippen molar-refractivity contribution in [2.75, 3.05) is 6.54 Å². The van der Waals surface area contributed by atoms with Crippen molar-refractivity contribution in [3.05, 3.63) is 0 Å². The highest BCUT2D eigenvalue weighted by Gasteiger charge is 2.22. The zero-order chi connectivity index (χ0) is 15.3. The Bertz CT molecular complexity index is 321. The van der Waals surface area contributed by atoms with Gasteiger partial charge in [-0.15, -0.1) is 12.4 Å². The first-order valence-corrected chi connectivity index (χ1v) is 6.36. The van der Waals surface area contributed by atoms with E-state index in [0.29, 0.717) is 6.42 Å². The minimum atomic E-state index is -0.755. The number of carbonyl (C=O) groups excluding carboxylic acids is 2. The van der Waals surface area contributed by atoms with Gasteiger partial charge in [0.15, 0.2) is 0 Å². The average Bonchev–Trinajstić information content (AvgIpc) is 2.11. The van der Waals surface area contributed by atoms with E-state index >= 15 is 0 Å². The lowest BCUT2D eigenvalue weighted by Gasteiger charge is -2.22. The number of nitrogens with one attached hydrogen (secondary N) is 1. The highest BCUT2D eigenvalue weighted by Crippen LogP contribution is 2.09. The van der Waals surface area contributed by atoms with Crippen molar-refractivity contribution in [3.63, 3.8) is 0 Å². The molecule has 1 amide bonds. The maximum absolute atomic E-state index is 11.6. The van der Waals surface area contributed by atoms with Crippen molar-refractivity contribution < 1.29 is 19.1 Å². The number of alkyl carbamates (subject to hydrolysis) is 1. The second-order valence-electron chi connectivity index (χ2n) is 6.36. The molecule has 1 atom stereocenters. The van der Waals surface area contributed by atoms with Gasteiger partial charge in [0.2, 0.25) is 0 Å². The van der Waals surface area contributed by atoms with Gasteiger partial charge in [-0.05, 0) is 48.0 Å². The molecule has 0 aromatic rings. The summed E-state index contributed by atoms with van der Waals surface area (Å²) >= 11 is 0. The van der Waals surface area contributed by atoms with Crippen molar-refractivity contribution in [3.8, 4) is 0 Å². The van der Waals surface area contributed by atoms with Crippen molar-refractivity contribution in [1.29, 1.82) is 0 Å². The van der Waals surface area contributed by atoms with Gasteiger partial charge in [0.1, 0.15) is 17.2 Å². The Hall–Kier alpha value is -1.01. The lowest BCUT2D eigenvalue weighted by atomic mass is 10.1. The fourth-order valence-corrected chi connectivity index (χ4v) is 1.14. The Morgan fingerprint density at radius 2 is 1.50 bits per heavy atom. The number of amides is 1. The molecule has 0 saturated carbocycles. The summed E-state index contributed by atoms with van der Waals surface area (Å²) in [7, 11) is 0. The van der Waals surface area contributed by atoms with Crippen LogP contribution in [-0.2, 0) is 14.3 Å². The fourth-order valence-electron chi connectivity index (χ4n) is 1.14. The Kier molecular flexibility index (Phi) is 8.85. The van der Waals surface area contributed by atoms with Gasteiger partial charge < -0.3 is 20.5 Å². The van der Waals surface area contributed by atoms with Crippen LogP contribution in [0, 0.1) is 0 Å². The largest absolute Gasteiger partial charge is 0.459 e. The first-order chi connectivity index (χ1) is 8.41. The third kappa shape index (κ3) is 12.0. The van der Waals surface area contributed by atoms with Crippen LogP contribution in [0.2, 0.25) is 0 Å². The molecule has 0 aliphatic rings. The summed E-state index contributed by atoms with van der Waals surface area (Å²) in [5.41, 5.74) is 4.56. The van der Waals surface area contributed by atoms with Crippen LogP contribution in [0.3, 0.4) is 0 Å². The lowest BCUT2D eigenvalue weighted by Crippen LogP contribution is -2.40. The molecule has 20 heavy (non-hydrogen) atoms. The van der Waals surface area contributed by atoms with Crippen molar-refractivity contribution in [2.24, 2.45) is 5.73 Å². The number of hydrogen-bond donors (Lipinski definition) is 2. The summed E-state index contributed by atoms with van der Waals surface area (Å²) < 4.78 is 10.2. The summed E-state index contributed by atoms with van der Waals surface area (Å²) in [6, 6.07) is -0.755. The summed E-state index contributed by atoms with van der Waals surface area (Å²) in [6.07, 6.45) is -0.224. The molecule has 0 rings (SSSR count). The highest BCUT2D eigenvalue weighted by molar-refractivity contribution is 5.85. The quantitative estimate of drug-likeness (QED) is 0.775. The van der Waals surface area contributed by atoms with Gasteiger partial charge in [-0.2, -0.15) is 0 Å². The molecule has 0 radical (unpaired) electrons.